The van der Waals surface area contributed by atoms with Crippen molar-refractivity contribution in [1.82, 2.24) is 9.47 Å². The van der Waals surface area contributed by atoms with E-state index >= 15 is 0 Å². The van der Waals surface area contributed by atoms with Gasteiger partial charge >= 0.3 is 0 Å². The van der Waals surface area contributed by atoms with Crippen molar-refractivity contribution in [2.45, 2.75) is 39.8 Å². The summed E-state index contributed by atoms with van der Waals surface area (Å²) < 4.78 is 2.16. The topological polar surface area (TPSA) is 25.2 Å². The number of rotatable bonds is 7. The molecular formula is C18H23ClN2O. The Labute approximate surface area is 137 Å². The lowest BCUT2D eigenvalue weighted by atomic mass is 10.2. The normalized spacial score (nSPS) is 10.7. The summed E-state index contributed by atoms with van der Waals surface area (Å²) >= 11 is 6.24. The van der Waals surface area contributed by atoms with Gasteiger partial charge in [-0.05, 0) is 30.2 Å². The first kappa shape index (κ1) is 16.6. The average Bonchev–Trinajstić information content (AvgIpc) is 2.95. The SMILES string of the molecule is CCCN(Cc1cccn1Cc1ccccc1Cl)C(=O)CC. The first-order chi connectivity index (χ1) is 10.7. The average molecular weight is 319 g/mol. The van der Waals surface area contributed by atoms with Crippen LogP contribution in [0.1, 0.15) is 37.9 Å². The summed E-state index contributed by atoms with van der Waals surface area (Å²) in [5.74, 6) is 0.201. The van der Waals surface area contributed by atoms with Crippen LogP contribution >= 0.6 is 11.6 Å². The van der Waals surface area contributed by atoms with E-state index < -0.39 is 0 Å². The van der Waals surface area contributed by atoms with Crippen LogP contribution in [-0.4, -0.2) is 21.9 Å². The van der Waals surface area contributed by atoms with Crippen LogP contribution in [0.5, 0.6) is 0 Å². The number of aromatic nitrogens is 1. The van der Waals surface area contributed by atoms with Gasteiger partial charge in [0, 0.05) is 36.4 Å². The zero-order chi connectivity index (χ0) is 15.9. The Kier molecular flexibility index (Phi) is 6.08. The number of halogens is 1. The third kappa shape index (κ3) is 4.14. The van der Waals surface area contributed by atoms with Gasteiger partial charge in [-0.25, -0.2) is 0 Å². The van der Waals surface area contributed by atoms with E-state index in [2.05, 4.69) is 17.6 Å². The van der Waals surface area contributed by atoms with Crippen molar-refractivity contribution >= 4 is 17.5 Å². The highest BCUT2D eigenvalue weighted by Gasteiger charge is 2.13. The second-order valence-electron chi connectivity index (χ2n) is 5.39. The minimum Gasteiger partial charge on any atom is -0.345 e. The van der Waals surface area contributed by atoms with Gasteiger partial charge < -0.3 is 9.47 Å². The first-order valence-electron chi connectivity index (χ1n) is 7.80. The minimum absolute atomic E-state index is 0.201. The highest BCUT2D eigenvalue weighted by molar-refractivity contribution is 6.31. The van der Waals surface area contributed by atoms with Crippen LogP contribution in [0.25, 0.3) is 0 Å². The fraction of sp³-hybridized carbons (Fsp3) is 0.389. The highest BCUT2D eigenvalue weighted by atomic mass is 35.5. The lowest BCUT2D eigenvalue weighted by Crippen LogP contribution is -2.31. The highest BCUT2D eigenvalue weighted by Crippen LogP contribution is 2.18. The van der Waals surface area contributed by atoms with E-state index in [1.165, 1.54) is 0 Å². The number of nitrogens with zero attached hydrogens (tertiary/aromatic N) is 2. The predicted molar refractivity (Wildman–Crippen MR) is 91.0 cm³/mol. The molecule has 0 fully saturated rings. The van der Waals surface area contributed by atoms with Crippen molar-refractivity contribution in [1.29, 1.82) is 0 Å². The van der Waals surface area contributed by atoms with Gasteiger partial charge in [-0.2, -0.15) is 0 Å². The minimum atomic E-state index is 0.201. The standard InChI is InChI=1S/C18H23ClN2O/c1-3-11-21(18(22)4-2)14-16-9-7-12-20(16)13-15-8-5-6-10-17(15)19/h5-10,12H,3-4,11,13-14H2,1-2H3. The maximum Gasteiger partial charge on any atom is 0.222 e. The van der Waals surface area contributed by atoms with Crippen molar-refractivity contribution in [2.24, 2.45) is 0 Å². The van der Waals surface area contributed by atoms with Gasteiger partial charge in [0.05, 0.1) is 6.54 Å². The Morgan fingerprint density at radius 1 is 1.18 bits per heavy atom. The number of carbonyl (C=O) groups is 1. The molecule has 0 spiro atoms. The number of hydrogen-bond acceptors (Lipinski definition) is 1. The molecule has 0 N–H and O–H groups in total. The van der Waals surface area contributed by atoms with Crippen molar-refractivity contribution in [2.75, 3.05) is 6.54 Å². The molecule has 0 unspecified atom stereocenters. The van der Waals surface area contributed by atoms with Crippen molar-refractivity contribution in [3.8, 4) is 0 Å². The van der Waals surface area contributed by atoms with Gasteiger partial charge in [-0.1, -0.05) is 43.6 Å². The van der Waals surface area contributed by atoms with E-state index in [0.29, 0.717) is 13.0 Å². The summed E-state index contributed by atoms with van der Waals surface area (Å²) in [6.45, 7) is 6.18. The number of hydrogen-bond donors (Lipinski definition) is 0. The maximum absolute atomic E-state index is 12.0. The summed E-state index contributed by atoms with van der Waals surface area (Å²) in [5, 5.41) is 0.775. The van der Waals surface area contributed by atoms with Crippen LogP contribution < -0.4 is 0 Å². The summed E-state index contributed by atoms with van der Waals surface area (Å²) in [5.41, 5.74) is 2.22. The van der Waals surface area contributed by atoms with Crippen molar-refractivity contribution in [3.63, 3.8) is 0 Å². The number of carbonyl (C=O) groups excluding carboxylic acids is 1. The molecule has 2 rings (SSSR count). The van der Waals surface area contributed by atoms with E-state index in [1.807, 2.05) is 48.4 Å². The molecule has 0 aliphatic carbocycles. The molecule has 0 radical (unpaired) electrons. The number of benzene rings is 1. The second-order valence-corrected chi connectivity index (χ2v) is 5.79. The predicted octanol–water partition coefficient (Wildman–Crippen LogP) is 4.34. The lowest BCUT2D eigenvalue weighted by molar-refractivity contribution is -0.131. The zero-order valence-electron chi connectivity index (χ0n) is 13.3. The van der Waals surface area contributed by atoms with Crippen LogP contribution in [-0.2, 0) is 17.9 Å². The van der Waals surface area contributed by atoms with E-state index in [-0.39, 0.29) is 5.91 Å². The van der Waals surface area contributed by atoms with Gasteiger partial charge in [0.25, 0.3) is 0 Å². The molecule has 1 aromatic carbocycles. The molecule has 0 bridgehead atoms. The van der Waals surface area contributed by atoms with Crippen LogP contribution in [0.2, 0.25) is 5.02 Å². The fourth-order valence-corrected chi connectivity index (χ4v) is 2.73. The van der Waals surface area contributed by atoms with Gasteiger partial charge in [-0.3, -0.25) is 4.79 Å². The monoisotopic (exact) mass is 318 g/mol. The van der Waals surface area contributed by atoms with E-state index in [9.17, 15) is 4.79 Å². The first-order valence-corrected chi connectivity index (χ1v) is 8.18. The van der Waals surface area contributed by atoms with Crippen LogP contribution in [0, 0.1) is 0 Å². The Hall–Kier alpha value is -1.74. The molecule has 22 heavy (non-hydrogen) atoms. The molecule has 0 aliphatic heterocycles. The summed E-state index contributed by atoms with van der Waals surface area (Å²) in [6.07, 6.45) is 3.56. The summed E-state index contributed by atoms with van der Waals surface area (Å²) in [6, 6.07) is 12.0. The molecule has 118 valence electrons. The molecule has 0 saturated carbocycles. The third-order valence-electron chi connectivity index (χ3n) is 3.72. The van der Waals surface area contributed by atoms with E-state index in [1.54, 1.807) is 0 Å². The Bertz CT molecular complexity index is 621. The summed E-state index contributed by atoms with van der Waals surface area (Å²) in [7, 11) is 0. The molecular weight excluding hydrogens is 296 g/mol. The van der Waals surface area contributed by atoms with Crippen LogP contribution in [0.4, 0.5) is 0 Å². The smallest absolute Gasteiger partial charge is 0.222 e. The fourth-order valence-electron chi connectivity index (χ4n) is 2.54. The van der Waals surface area contributed by atoms with Crippen molar-refractivity contribution in [3.05, 3.63) is 58.9 Å². The van der Waals surface area contributed by atoms with E-state index in [0.717, 1.165) is 35.8 Å². The van der Waals surface area contributed by atoms with Gasteiger partial charge in [0.15, 0.2) is 0 Å². The molecule has 0 aliphatic rings. The molecule has 1 heterocycles. The number of amides is 1. The molecule has 2 aromatic rings. The quantitative estimate of drug-likeness (QED) is 0.745. The molecule has 0 atom stereocenters. The Balaban J connectivity index is 2.15. The Morgan fingerprint density at radius 2 is 1.95 bits per heavy atom. The zero-order valence-corrected chi connectivity index (χ0v) is 14.0. The van der Waals surface area contributed by atoms with Crippen LogP contribution in [0.3, 0.4) is 0 Å². The van der Waals surface area contributed by atoms with Gasteiger partial charge in [0.2, 0.25) is 5.91 Å². The van der Waals surface area contributed by atoms with Crippen molar-refractivity contribution < 1.29 is 4.79 Å². The molecule has 3 nitrogen and oxygen atoms in total. The molecule has 0 saturated heterocycles. The summed E-state index contributed by atoms with van der Waals surface area (Å²) in [4.78, 5) is 14.0. The molecule has 1 aromatic heterocycles. The molecule has 4 heteroatoms. The van der Waals surface area contributed by atoms with Gasteiger partial charge in [-0.15, -0.1) is 0 Å². The molecule has 1 amide bonds. The lowest BCUT2D eigenvalue weighted by Gasteiger charge is -2.22. The largest absolute Gasteiger partial charge is 0.345 e. The van der Waals surface area contributed by atoms with E-state index in [4.69, 9.17) is 11.6 Å². The van der Waals surface area contributed by atoms with Crippen LogP contribution in [0.15, 0.2) is 42.6 Å². The second kappa shape index (κ2) is 8.04. The Morgan fingerprint density at radius 3 is 2.64 bits per heavy atom. The van der Waals surface area contributed by atoms with Gasteiger partial charge in [0.1, 0.15) is 0 Å². The maximum atomic E-state index is 12.0. The third-order valence-corrected chi connectivity index (χ3v) is 4.09.